The normalized spacial score (nSPS) is 11.7. The van der Waals surface area contributed by atoms with Crippen molar-refractivity contribution in [1.82, 2.24) is 9.21 Å². The number of sulfonamides is 1. The molecule has 0 saturated carbocycles. The molecule has 0 atom stereocenters. The monoisotopic (exact) mass is 292 g/mol. The summed E-state index contributed by atoms with van der Waals surface area (Å²) in [5.41, 5.74) is 0. The second kappa shape index (κ2) is 5.62. The van der Waals surface area contributed by atoms with Gasteiger partial charge in [-0.25, -0.2) is 17.2 Å². The number of carbonyl (C=O) groups excluding carboxylic acids is 1. The van der Waals surface area contributed by atoms with Crippen molar-refractivity contribution in [3.8, 4) is 0 Å². The quantitative estimate of drug-likeness (QED) is 0.820. The van der Waals surface area contributed by atoms with Gasteiger partial charge in [0.05, 0.1) is 11.4 Å². The maximum absolute atomic E-state index is 13.0. The van der Waals surface area contributed by atoms with Crippen LogP contribution >= 0.6 is 0 Å². The number of rotatable bonds is 4. The summed E-state index contributed by atoms with van der Waals surface area (Å²) in [5, 5.41) is 0. The van der Waals surface area contributed by atoms with Gasteiger partial charge < -0.3 is 4.90 Å². The lowest BCUT2D eigenvalue weighted by atomic mass is 10.3. The maximum Gasteiger partial charge on any atom is 0.243 e. The van der Waals surface area contributed by atoms with E-state index in [-0.39, 0.29) is 6.54 Å². The predicted octanol–water partition coefficient (Wildman–Crippen LogP) is 0.673. The van der Waals surface area contributed by atoms with Crippen LogP contribution in [0.2, 0.25) is 0 Å². The molecule has 0 fully saturated rings. The molecule has 0 aliphatic heterocycles. The SMILES string of the molecule is CN(C)C(=O)CN(C)S(=O)(=O)c1ccc(F)c(F)c1. The molecule has 5 nitrogen and oxygen atoms in total. The molecule has 0 heterocycles. The Labute approximate surface area is 110 Å². The third kappa shape index (κ3) is 3.48. The van der Waals surface area contributed by atoms with Gasteiger partial charge in [0.25, 0.3) is 0 Å². The van der Waals surface area contributed by atoms with Crippen molar-refractivity contribution >= 4 is 15.9 Å². The smallest absolute Gasteiger partial charge is 0.243 e. The van der Waals surface area contributed by atoms with Gasteiger partial charge in [-0.05, 0) is 18.2 Å². The van der Waals surface area contributed by atoms with Gasteiger partial charge in [-0.3, -0.25) is 4.79 Å². The molecule has 1 aromatic rings. The summed E-state index contributed by atoms with van der Waals surface area (Å²) in [5.74, 6) is -2.81. The number of likely N-dealkylation sites (N-methyl/N-ethyl adjacent to an activating group) is 2. The zero-order valence-corrected chi connectivity index (χ0v) is 11.5. The summed E-state index contributed by atoms with van der Waals surface area (Å²) in [6.07, 6.45) is 0. The summed E-state index contributed by atoms with van der Waals surface area (Å²) in [6, 6.07) is 2.26. The van der Waals surface area contributed by atoms with Crippen molar-refractivity contribution in [2.75, 3.05) is 27.7 Å². The Hall–Kier alpha value is -1.54. The van der Waals surface area contributed by atoms with Gasteiger partial charge >= 0.3 is 0 Å². The fourth-order valence-electron chi connectivity index (χ4n) is 1.23. The molecule has 1 amide bonds. The number of benzene rings is 1. The molecule has 0 spiro atoms. The van der Waals surface area contributed by atoms with E-state index in [0.717, 1.165) is 16.4 Å². The van der Waals surface area contributed by atoms with E-state index in [1.807, 2.05) is 0 Å². The number of carbonyl (C=O) groups is 1. The van der Waals surface area contributed by atoms with Gasteiger partial charge in [-0.1, -0.05) is 0 Å². The largest absolute Gasteiger partial charge is 0.348 e. The molecule has 0 saturated heterocycles. The first kappa shape index (κ1) is 15.5. The van der Waals surface area contributed by atoms with Crippen molar-refractivity contribution in [2.24, 2.45) is 0 Å². The summed E-state index contributed by atoms with van der Waals surface area (Å²) >= 11 is 0. The van der Waals surface area contributed by atoms with Crippen LogP contribution in [0.3, 0.4) is 0 Å². The Bertz CT molecular complexity index is 588. The standard InChI is InChI=1S/C11H14F2N2O3S/c1-14(2)11(16)7-15(3)19(17,18)8-4-5-9(12)10(13)6-8/h4-6H,7H2,1-3H3. The van der Waals surface area contributed by atoms with Crippen molar-refractivity contribution in [3.05, 3.63) is 29.8 Å². The van der Waals surface area contributed by atoms with E-state index in [9.17, 15) is 22.0 Å². The summed E-state index contributed by atoms with van der Waals surface area (Å²) in [4.78, 5) is 12.3. The average molecular weight is 292 g/mol. The average Bonchev–Trinajstić information content (AvgIpc) is 2.32. The molecule has 8 heteroatoms. The number of hydrogen-bond acceptors (Lipinski definition) is 3. The lowest BCUT2D eigenvalue weighted by Gasteiger charge is -2.19. The Kier molecular flexibility index (Phi) is 4.59. The summed E-state index contributed by atoms with van der Waals surface area (Å²) in [6.45, 7) is -0.381. The summed E-state index contributed by atoms with van der Waals surface area (Å²) in [7, 11) is 0.138. The topological polar surface area (TPSA) is 57.7 Å². The Morgan fingerprint density at radius 3 is 2.21 bits per heavy atom. The minimum Gasteiger partial charge on any atom is -0.348 e. The van der Waals surface area contributed by atoms with Crippen LogP contribution in [0, 0.1) is 11.6 Å². The van der Waals surface area contributed by atoms with E-state index in [1.165, 1.54) is 26.0 Å². The first-order valence-corrected chi connectivity index (χ1v) is 6.72. The third-order valence-electron chi connectivity index (χ3n) is 2.46. The lowest BCUT2D eigenvalue weighted by molar-refractivity contribution is -0.128. The highest BCUT2D eigenvalue weighted by Gasteiger charge is 2.24. The van der Waals surface area contributed by atoms with E-state index < -0.39 is 32.5 Å². The molecule has 106 valence electrons. The van der Waals surface area contributed by atoms with Gasteiger partial charge in [0.2, 0.25) is 15.9 Å². The number of nitrogens with zero attached hydrogens (tertiary/aromatic N) is 2. The minimum absolute atomic E-state index is 0.381. The van der Waals surface area contributed by atoms with Crippen molar-refractivity contribution < 1.29 is 22.0 Å². The first-order valence-electron chi connectivity index (χ1n) is 5.28. The molecule has 19 heavy (non-hydrogen) atoms. The van der Waals surface area contributed by atoms with Gasteiger partial charge in [-0.2, -0.15) is 4.31 Å². The zero-order chi connectivity index (χ0) is 14.8. The van der Waals surface area contributed by atoms with Crippen LogP contribution in [-0.2, 0) is 14.8 Å². The van der Waals surface area contributed by atoms with Crippen LogP contribution in [0.25, 0.3) is 0 Å². The van der Waals surface area contributed by atoms with E-state index in [4.69, 9.17) is 0 Å². The Morgan fingerprint density at radius 2 is 1.74 bits per heavy atom. The fourth-order valence-corrected chi connectivity index (χ4v) is 2.37. The van der Waals surface area contributed by atoms with Crippen molar-refractivity contribution in [1.29, 1.82) is 0 Å². The molecule has 0 aliphatic carbocycles. The van der Waals surface area contributed by atoms with Gasteiger partial charge in [0, 0.05) is 21.1 Å². The fraction of sp³-hybridized carbons (Fsp3) is 0.364. The van der Waals surface area contributed by atoms with Crippen LogP contribution < -0.4 is 0 Å². The molecule has 0 bridgehead atoms. The van der Waals surface area contributed by atoms with Crippen molar-refractivity contribution in [2.45, 2.75) is 4.90 Å². The Balaban J connectivity index is 3.03. The molecule has 0 radical (unpaired) electrons. The molecule has 1 rings (SSSR count). The molecule has 1 aromatic carbocycles. The third-order valence-corrected chi connectivity index (χ3v) is 4.26. The molecule has 0 aliphatic rings. The molecular weight excluding hydrogens is 278 g/mol. The van der Waals surface area contributed by atoms with E-state index >= 15 is 0 Å². The van der Waals surface area contributed by atoms with Gasteiger partial charge in [0.15, 0.2) is 11.6 Å². The van der Waals surface area contributed by atoms with Gasteiger partial charge in [-0.15, -0.1) is 0 Å². The Morgan fingerprint density at radius 1 is 1.16 bits per heavy atom. The van der Waals surface area contributed by atoms with Crippen LogP contribution in [0.15, 0.2) is 23.1 Å². The predicted molar refractivity (Wildman–Crippen MR) is 64.9 cm³/mol. The van der Waals surface area contributed by atoms with Crippen molar-refractivity contribution in [3.63, 3.8) is 0 Å². The lowest BCUT2D eigenvalue weighted by Crippen LogP contribution is -2.37. The zero-order valence-electron chi connectivity index (χ0n) is 10.7. The van der Waals surface area contributed by atoms with Crippen LogP contribution in [0.4, 0.5) is 8.78 Å². The number of amides is 1. The maximum atomic E-state index is 13.0. The number of hydrogen-bond donors (Lipinski definition) is 0. The number of halogens is 2. The second-order valence-corrected chi connectivity index (χ2v) is 6.17. The van der Waals surface area contributed by atoms with Crippen LogP contribution in [0.5, 0.6) is 0 Å². The molecule has 0 unspecified atom stereocenters. The highest BCUT2D eigenvalue weighted by Crippen LogP contribution is 2.17. The minimum atomic E-state index is -4.03. The molecule has 0 aromatic heterocycles. The molecular formula is C11H14F2N2O3S. The van der Waals surface area contributed by atoms with Gasteiger partial charge in [0.1, 0.15) is 0 Å². The van der Waals surface area contributed by atoms with Crippen LogP contribution in [0.1, 0.15) is 0 Å². The molecule has 0 N–H and O–H groups in total. The first-order chi connectivity index (χ1) is 8.66. The highest BCUT2D eigenvalue weighted by atomic mass is 32.2. The van der Waals surface area contributed by atoms with E-state index in [1.54, 1.807) is 0 Å². The highest BCUT2D eigenvalue weighted by molar-refractivity contribution is 7.89. The summed E-state index contributed by atoms with van der Waals surface area (Å²) < 4.78 is 50.6. The van der Waals surface area contributed by atoms with E-state index in [0.29, 0.717) is 6.07 Å². The van der Waals surface area contributed by atoms with E-state index in [2.05, 4.69) is 0 Å². The van der Waals surface area contributed by atoms with Crippen LogP contribution in [-0.4, -0.2) is 51.2 Å². The second-order valence-electron chi connectivity index (χ2n) is 4.13.